The Balaban J connectivity index is 0.000000390. The van der Waals surface area contributed by atoms with Crippen LogP contribution < -0.4 is 45.2 Å². The number of aliphatic carboxylic acids is 3. The Kier molecular flexibility index (Phi) is 43.6. The van der Waals surface area contributed by atoms with Gasteiger partial charge < -0.3 is 51.2 Å². The van der Waals surface area contributed by atoms with Crippen molar-refractivity contribution >= 4 is 204 Å². The summed E-state index contributed by atoms with van der Waals surface area (Å²) in [6.45, 7) is 0.952. The number of fused-ring (bicyclic) bond motifs is 3. The number of hydrogen-bond donors (Lipinski definition) is 10. The van der Waals surface area contributed by atoms with E-state index in [1.165, 1.54) is 71.2 Å². The van der Waals surface area contributed by atoms with Crippen molar-refractivity contribution in [3.05, 3.63) is 109 Å². The molecule has 6 aromatic carbocycles. The van der Waals surface area contributed by atoms with Crippen LogP contribution in [0.25, 0.3) is 32.3 Å². The number of sulfonamides is 3. The van der Waals surface area contributed by atoms with Gasteiger partial charge in [0.25, 0.3) is 23.6 Å². The Morgan fingerprint density at radius 2 is 0.712 bits per heavy atom. The number of carboxylic acid groups (broad SMARTS) is 3. The fourth-order valence-electron chi connectivity index (χ4n) is 9.55. The van der Waals surface area contributed by atoms with Gasteiger partial charge in [0, 0.05) is 204 Å². The van der Waals surface area contributed by atoms with E-state index in [1.54, 1.807) is 48.5 Å². The first-order valence-corrected chi connectivity index (χ1v) is 45.6. The Bertz CT molecular complexity index is 4530. The van der Waals surface area contributed by atoms with Crippen LogP contribution in [0.5, 0.6) is 0 Å². The number of carbonyl (C=O) groups is 10. The summed E-state index contributed by atoms with van der Waals surface area (Å²) in [6, 6.07) is 32.3. The third-order valence-electron chi connectivity index (χ3n) is 14.7. The van der Waals surface area contributed by atoms with Gasteiger partial charge in [-0.25, -0.2) is 44.2 Å². The van der Waals surface area contributed by atoms with Crippen molar-refractivity contribution in [2.45, 2.75) is 78.9 Å². The number of imide groups is 2. The molecule has 2 aliphatic heterocycles. The van der Waals surface area contributed by atoms with Crippen LogP contribution in [0.15, 0.2) is 124 Å². The zero-order valence-corrected chi connectivity index (χ0v) is 69.1. The van der Waals surface area contributed by atoms with Crippen LogP contribution in [0, 0.1) is 12.8 Å². The Hall–Kier alpha value is -8.09. The van der Waals surface area contributed by atoms with E-state index in [1.807, 2.05) is 118 Å². The number of amides is 6. The van der Waals surface area contributed by atoms with Crippen molar-refractivity contribution in [2.24, 2.45) is 5.73 Å². The van der Waals surface area contributed by atoms with Crippen molar-refractivity contribution in [1.82, 2.24) is 34.9 Å². The van der Waals surface area contributed by atoms with Gasteiger partial charge in [-0.1, -0.05) is 138 Å². The summed E-state index contributed by atoms with van der Waals surface area (Å²) in [6.07, 6.45) is 7.04. The first kappa shape index (κ1) is 95.3. The molecule has 41 heteroatoms. The Morgan fingerprint density at radius 1 is 0.441 bits per heavy atom. The molecule has 608 valence electrons. The number of anilines is 3. The smallest absolute Gasteiger partial charge is 0.334 e. The number of rotatable bonds is 39. The van der Waals surface area contributed by atoms with Crippen molar-refractivity contribution in [2.75, 3.05) is 131 Å². The van der Waals surface area contributed by atoms with E-state index in [0.717, 1.165) is 33.2 Å². The van der Waals surface area contributed by atoms with Gasteiger partial charge in [0.05, 0.1) is 40.4 Å². The van der Waals surface area contributed by atoms with Crippen LogP contribution in [-0.2, 0) is 82.9 Å². The number of nitrogens with two attached hydrogens (primary N) is 1. The van der Waals surface area contributed by atoms with Crippen molar-refractivity contribution in [1.29, 1.82) is 0 Å². The first-order chi connectivity index (χ1) is 53.0. The number of nitrogens with one attached hydrogen (secondary N) is 5. The first-order valence-electron chi connectivity index (χ1n) is 34.2. The second-order valence-electron chi connectivity index (χ2n) is 23.5. The van der Waals surface area contributed by atoms with Crippen LogP contribution in [0.1, 0.15) is 65.6 Å². The summed E-state index contributed by atoms with van der Waals surface area (Å²) in [5, 5.41) is 44.1. The average molecular weight is 1710 g/mol. The van der Waals surface area contributed by atoms with E-state index < -0.39 is 77.6 Å². The van der Waals surface area contributed by atoms with Crippen LogP contribution in [0.2, 0.25) is 0 Å². The fraction of sp³-hybridized carbons (Fsp3) is 0.400. The van der Waals surface area contributed by atoms with Crippen LogP contribution in [-0.4, -0.2) is 231 Å². The predicted octanol–water partition coefficient (Wildman–Crippen LogP) is 6.85. The SMILES string of the molecule is CN(C)c1cccc2c(S(=O)(=O)NCCN)cccc12.CN(C)c1cccc2c(S(=O)(=O)NCCNC(=O)CCSSCCC(=O)O)cccc12.CN(C)c1cccc2c(S(=O)(=O)NCCNC(=O)CCSSCCC(=O)ON3C(=O)CCC3=O)cccc12.O=C(O)CCSSCCC(=O)O.O=C1CCC(=O)N1O.[2H]C#C. The normalized spacial score (nSPS) is 12.6. The number of benzene rings is 6. The largest absolute Gasteiger partial charge is 0.481 e. The molecule has 111 heavy (non-hydrogen) atoms. The van der Waals surface area contributed by atoms with Gasteiger partial charge in [0.1, 0.15) is 1.37 Å². The highest BCUT2D eigenvalue weighted by molar-refractivity contribution is 8.77. The van der Waals surface area contributed by atoms with Gasteiger partial charge in [0.2, 0.25) is 41.9 Å². The van der Waals surface area contributed by atoms with Crippen LogP contribution >= 0.6 is 64.8 Å². The average Bonchev–Trinajstić information content (AvgIpc) is 0.810. The zero-order chi connectivity index (χ0) is 83.6. The molecule has 11 N–H and O–H groups in total. The van der Waals surface area contributed by atoms with E-state index in [0.29, 0.717) is 55.7 Å². The molecule has 6 aromatic rings. The zero-order valence-electron chi connectivity index (χ0n) is 62.7. The molecule has 2 saturated heterocycles. The van der Waals surface area contributed by atoms with Crippen LogP contribution in [0.3, 0.4) is 0 Å². The lowest BCUT2D eigenvalue weighted by atomic mass is 10.1. The maximum atomic E-state index is 12.9. The summed E-state index contributed by atoms with van der Waals surface area (Å²) in [4.78, 5) is 121. The molecule has 0 spiro atoms. The summed E-state index contributed by atoms with van der Waals surface area (Å²) in [7, 11) is 8.84. The molecule has 0 unspecified atom stereocenters. The highest BCUT2D eigenvalue weighted by Crippen LogP contribution is 2.34. The Morgan fingerprint density at radius 3 is 0.991 bits per heavy atom. The molecule has 2 aliphatic rings. The van der Waals surface area contributed by atoms with Gasteiger partial charge >= 0.3 is 23.9 Å². The number of carbonyl (C=O) groups excluding carboxylic acids is 7. The highest BCUT2D eigenvalue weighted by Gasteiger charge is 2.33. The molecule has 2 heterocycles. The van der Waals surface area contributed by atoms with Gasteiger partial charge in [0.15, 0.2) is 0 Å². The lowest BCUT2D eigenvalue weighted by Gasteiger charge is -2.17. The standard InChI is InChI=1S/C24H30N4O7S3.C20H27N3O5S3.C14H19N3O2S.C6H10O4S2.C4H5NO3.C2H2/c1-27(2)19-7-3-6-18-17(19)5-4-8-20(18)38(33,34)26-14-13-25-21(29)11-15-36-37-16-12-24(32)35-28-22(30)9-10-23(28)31;1-23(2)17-7-3-6-16-15(17)5-4-8-18(16)31(27,28)22-12-11-21-19(24)9-13-29-30-14-10-20(25)26;1-17(2)13-7-3-6-12-11(13)5-4-8-14(12)20(18,19)16-10-9-15;7-5(8)1-3-11-12-4-2-6(9)10;6-3-1-2-4(7)5(3)8;1-2/h3-8,26H,9-16H2,1-2H3,(H,25,29);3-8,22H,9-14H2,1-2H3,(H,21,24)(H,25,26);3-8,16H,9-10,15H2,1-2H3;1-4H2,(H,7,8)(H,9,10);8H,1-2H2;1-2H/i;;;;;1D. The quantitative estimate of drug-likeness (QED) is 0.00620. The van der Waals surface area contributed by atoms with Crippen molar-refractivity contribution < 1.29 is 99.9 Å². The predicted molar refractivity (Wildman–Crippen MR) is 441 cm³/mol. The third kappa shape index (κ3) is 34.4. The molecule has 32 nitrogen and oxygen atoms in total. The van der Waals surface area contributed by atoms with Gasteiger partial charge in [-0.05, 0) is 36.4 Å². The van der Waals surface area contributed by atoms with E-state index in [-0.39, 0.29) is 135 Å². The second-order valence-corrected chi connectivity index (χ2v) is 36.8. The monoisotopic (exact) mass is 1710 g/mol. The number of hydrogen-bond acceptors (Lipinski definition) is 28. The fourth-order valence-corrected chi connectivity index (χ4v) is 19.2. The maximum Gasteiger partial charge on any atom is 0.334 e. The molecule has 0 bridgehead atoms. The van der Waals surface area contributed by atoms with Gasteiger partial charge in [-0.15, -0.1) is 17.9 Å². The van der Waals surface area contributed by atoms with Gasteiger partial charge in [-0.2, -0.15) is 5.06 Å². The summed E-state index contributed by atoms with van der Waals surface area (Å²) >= 11 is 0. The molecule has 0 aliphatic carbocycles. The molecule has 6 amide bonds. The van der Waals surface area contributed by atoms with Crippen molar-refractivity contribution in [3.8, 4) is 12.8 Å². The Labute approximate surface area is 671 Å². The van der Waals surface area contributed by atoms with E-state index in [4.69, 9.17) is 32.5 Å². The minimum absolute atomic E-state index is 0.0220. The number of hydroxylamine groups is 4. The minimum atomic E-state index is -3.78. The van der Waals surface area contributed by atoms with E-state index in [2.05, 4.69) is 31.2 Å². The lowest BCUT2D eigenvalue weighted by molar-refractivity contribution is -0.197. The number of carboxylic acids is 3. The van der Waals surface area contributed by atoms with E-state index in [9.17, 15) is 73.2 Å². The summed E-state index contributed by atoms with van der Waals surface area (Å²) in [5.41, 5.74) is 8.19. The number of terminal acetylenes is 1. The highest BCUT2D eigenvalue weighted by atomic mass is 33.1. The molecule has 0 saturated carbocycles. The third-order valence-corrected chi connectivity index (χ3v) is 26.5. The van der Waals surface area contributed by atoms with Crippen molar-refractivity contribution in [3.63, 3.8) is 0 Å². The molecule has 0 atom stereocenters. The minimum Gasteiger partial charge on any atom is -0.481 e. The maximum absolute atomic E-state index is 12.9. The van der Waals surface area contributed by atoms with Gasteiger partial charge in [-0.3, -0.25) is 48.4 Å². The number of nitrogens with zero attached hydrogens (tertiary/aromatic N) is 5. The second kappa shape index (κ2) is 50.8. The molecule has 2 fully saturated rings. The van der Waals surface area contributed by atoms with Crippen LogP contribution in [0.4, 0.5) is 17.1 Å². The summed E-state index contributed by atoms with van der Waals surface area (Å²) < 4.78 is 89.4. The molecule has 0 aromatic heterocycles. The topological polar surface area (TPSA) is 466 Å². The molecular weight excluding hydrogens is 1620 g/mol. The summed E-state index contributed by atoms with van der Waals surface area (Å²) in [5.74, 6) is -2.58. The van der Waals surface area contributed by atoms with E-state index >= 15 is 0 Å². The molecular formula is C70H93N11O21S9. The lowest BCUT2D eigenvalue weighted by Crippen LogP contribution is -2.34. The molecule has 0 radical (unpaired) electrons. The molecule has 8 rings (SSSR count).